The Morgan fingerprint density at radius 3 is 2.53 bits per heavy atom. The van der Waals surface area contributed by atoms with Gasteiger partial charge in [0.1, 0.15) is 0 Å². The summed E-state index contributed by atoms with van der Waals surface area (Å²) < 4.78 is 19.5. The van der Waals surface area contributed by atoms with Crippen LogP contribution < -0.4 is 10.5 Å². The van der Waals surface area contributed by atoms with Crippen molar-refractivity contribution >= 4 is 26.9 Å². The van der Waals surface area contributed by atoms with Crippen molar-refractivity contribution in [1.82, 2.24) is 4.72 Å². The summed E-state index contributed by atoms with van der Waals surface area (Å²) in [5.41, 5.74) is 6.12. The van der Waals surface area contributed by atoms with Gasteiger partial charge in [0.15, 0.2) is 0 Å². The zero-order valence-corrected chi connectivity index (χ0v) is 10.6. The Bertz CT molecular complexity index is 502. The molecule has 17 heavy (non-hydrogen) atoms. The molecule has 1 aromatic carbocycles. The molecule has 0 heterocycles. The first-order valence-electron chi connectivity index (χ1n) is 5.15. The fourth-order valence-corrected chi connectivity index (χ4v) is 2.56. The van der Waals surface area contributed by atoms with Crippen molar-refractivity contribution < 1.29 is 13.7 Å². The first kappa shape index (κ1) is 13.4. The lowest BCUT2D eigenvalue weighted by molar-refractivity contribution is 0.159. The predicted molar refractivity (Wildman–Crippen MR) is 69.2 cm³/mol. The summed E-state index contributed by atoms with van der Waals surface area (Å²) in [5, 5.41) is 1.44. The van der Waals surface area contributed by atoms with Crippen LogP contribution >= 0.6 is 0 Å². The molecule has 0 radical (unpaired) electrons. The van der Waals surface area contributed by atoms with E-state index in [1.54, 1.807) is 38.1 Å². The molecule has 3 N–H and O–H groups in total. The number of benzene rings is 1. The van der Waals surface area contributed by atoms with Gasteiger partial charge in [-0.25, -0.2) is 13.7 Å². The van der Waals surface area contributed by atoms with Crippen molar-refractivity contribution in [2.24, 2.45) is 0 Å². The Kier molecular flexibility index (Phi) is 4.39. The highest BCUT2D eigenvalue weighted by Crippen LogP contribution is 2.12. The van der Waals surface area contributed by atoms with Gasteiger partial charge in [-0.15, -0.1) is 0 Å². The molecule has 6 heteroatoms. The Morgan fingerprint density at radius 1 is 1.47 bits per heavy atom. The van der Waals surface area contributed by atoms with E-state index < -0.39 is 15.8 Å². The maximum atomic E-state index is 12.4. The van der Waals surface area contributed by atoms with Crippen molar-refractivity contribution in [3.8, 4) is 0 Å². The summed E-state index contributed by atoms with van der Waals surface area (Å²) >= 11 is 0. The molecule has 94 valence electrons. The van der Waals surface area contributed by atoms with E-state index in [0.29, 0.717) is 10.6 Å². The maximum absolute atomic E-state index is 12.4. The number of amides is 1. The van der Waals surface area contributed by atoms with Crippen LogP contribution in [-0.4, -0.2) is 22.3 Å². The second kappa shape index (κ2) is 5.58. The third kappa shape index (κ3) is 3.39. The van der Waals surface area contributed by atoms with E-state index in [0.717, 1.165) is 0 Å². The second-order valence-electron chi connectivity index (χ2n) is 3.23. The lowest BCUT2D eigenvalue weighted by Gasteiger charge is -2.12. The number of ether oxygens (including phenoxy) is 1. The van der Waals surface area contributed by atoms with Gasteiger partial charge in [0.2, 0.25) is 0 Å². The average molecular weight is 256 g/mol. The summed E-state index contributed by atoms with van der Waals surface area (Å²) in [5.74, 6) is 0. The number of rotatable bonds is 3. The van der Waals surface area contributed by atoms with Gasteiger partial charge in [0.25, 0.3) is 0 Å². The largest absolute Gasteiger partial charge is 0.449 e. The van der Waals surface area contributed by atoms with Crippen molar-refractivity contribution in [2.75, 3.05) is 12.3 Å². The number of nitrogens with two attached hydrogens (primary N) is 1. The molecular weight excluding hydrogens is 240 g/mol. The van der Waals surface area contributed by atoms with Gasteiger partial charge in [0, 0.05) is 5.69 Å². The number of carbonyl (C=O) groups is 1. The third-order valence-electron chi connectivity index (χ3n) is 2.07. The fourth-order valence-electron chi connectivity index (χ4n) is 1.21. The SMILES string of the molecule is CC=S(=O)(NC(=O)OCC)c1ccc(N)cc1. The summed E-state index contributed by atoms with van der Waals surface area (Å²) in [6.45, 7) is 3.53. The molecule has 1 unspecified atom stereocenters. The van der Waals surface area contributed by atoms with Crippen LogP contribution in [0.25, 0.3) is 0 Å². The standard InChI is InChI=1S/C11H16N2O3S/c1-3-16-11(14)13-17(15,4-2)10-7-5-9(12)6-8-10/h4-8H,3,12H2,1-2H3,(H,13,14,15). The number of hydrogen-bond donors (Lipinski definition) is 2. The molecular formula is C11H16N2O3S. The van der Waals surface area contributed by atoms with Crippen LogP contribution in [0.1, 0.15) is 13.8 Å². The van der Waals surface area contributed by atoms with Crippen molar-refractivity contribution in [1.29, 1.82) is 0 Å². The van der Waals surface area contributed by atoms with E-state index in [4.69, 9.17) is 10.5 Å². The summed E-state index contributed by atoms with van der Waals surface area (Å²) in [4.78, 5) is 11.8. The number of anilines is 1. The van der Waals surface area contributed by atoms with Crippen molar-refractivity contribution in [3.05, 3.63) is 24.3 Å². The van der Waals surface area contributed by atoms with Crippen LogP contribution in [0.15, 0.2) is 29.2 Å². The molecule has 0 aliphatic heterocycles. The normalized spacial score (nSPS) is 13.5. The number of nitrogen functional groups attached to an aromatic ring is 1. The lowest BCUT2D eigenvalue weighted by atomic mass is 10.3. The zero-order valence-electron chi connectivity index (χ0n) is 9.80. The van der Waals surface area contributed by atoms with Gasteiger partial charge in [-0.2, -0.15) is 0 Å². The molecule has 0 bridgehead atoms. The smallest absolute Gasteiger partial charge is 0.418 e. The van der Waals surface area contributed by atoms with E-state index in [-0.39, 0.29) is 6.61 Å². The first-order chi connectivity index (χ1) is 8.01. The van der Waals surface area contributed by atoms with E-state index in [2.05, 4.69) is 4.72 Å². The second-order valence-corrected chi connectivity index (χ2v) is 5.58. The topological polar surface area (TPSA) is 81.4 Å². The molecule has 1 rings (SSSR count). The monoisotopic (exact) mass is 256 g/mol. The number of carbonyl (C=O) groups excluding carboxylic acids is 1. The maximum Gasteiger partial charge on any atom is 0.418 e. The molecule has 0 aliphatic rings. The quantitative estimate of drug-likeness (QED) is 0.632. The number of hydrogen-bond acceptors (Lipinski definition) is 4. The van der Waals surface area contributed by atoms with Gasteiger partial charge in [0.05, 0.1) is 21.2 Å². The highest BCUT2D eigenvalue weighted by atomic mass is 32.2. The minimum absolute atomic E-state index is 0.229. The van der Waals surface area contributed by atoms with Crippen LogP contribution in [-0.2, 0) is 14.4 Å². The van der Waals surface area contributed by atoms with Crippen molar-refractivity contribution in [2.45, 2.75) is 18.7 Å². The molecule has 0 fully saturated rings. The minimum Gasteiger partial charge on any atom is -0.449 e. The molecule has 0 saturated heterocycles. The Balaban J connectivity index is 3.01. The Morgan fingerprint density at radius 2 is 2.06 bits per heavy atom. The summed E-state index contributed by atoms with van der Waals surface area (Å²) in [7, 11) is -2.75. The molecule has 0 aliphatic carbocycles. The van der Waals surface area contributed by atoms with Crippen LogP contribution in [0.4, 0.5) is 10.5 Å². The zero-order chi connectivity index (χ0) is 12.9. The predicted octanol–water partition coefficient (Wildman–Crippen LogP) is 1.40. The van der Waals surface area contributed by atoms with E-state index >= 15 is 0 Å². The van der Waals surface area contributed by atoms with Gasteiger partial charge in [-0.05, 0) is 43.5 Å². The first-order valence-corrected chi connectivity index (χ1v) is 6.77. The lowest BCUT2D eigenvalue weighted by Crippen LogP contribution is -2.32. The molecule has 1 amide bonds. The van der Waals surface area contributed by atoms with Gasteiger partial charge >= 0.3 is 6.09 Å². The van der Waals surface area contributed by atoms with E-state index in [1.807, 2.05) is 0 Å². The fraction of sp³-hybridized carbons (Fsp3) is 0.273. The molecule has 5 nitrogen and oxygen atoms in total. The third-order valence-corrected chi connectivity index (χ3v) is 4.18. The summed E-state index contributed by atoms with van der Waals surface area (Å²) in [6.07, 6.45) is -0.701. The number of nitrogens with one attached hydrogen (secondary N) is 1. The summed E-state index contributed by atoms with van der Waals surface area (Å²) in [6, 6.07) is 6.49. The van der Waals surface area contributed by atoms with E-state index in [9.17, 15) is 9.00 Å². The Hall–Kier alpha value is -1.69. The van der Waals surface area contributed by atoms with Crippen molar-refractivity contribution in [3.63, 3.8) is 0 Å². The van der Waals surface area contributed by atoms with Crippen LogP contribution in [0.3, 0.4) is 0 Å². The highest BCUT2D eigenvalue weighted by molar-refractivity contribution is 8.00. The molecule has 1 atom stereocenters. The average Bonchev–Trinajstić information content (AvgIpc) is 2.30. The van der Waals surface area contributed by atoms with E-state index in [1.165, 1.54) is 5.37 Å². The van der Waals surface area contributed by atoms with Crippen LogP contribution in [0.2, 0.25) is 0 Å². The van der Waals surface area contributed by atoms with Crippen LogP contribution in [0, 0.1) is 0 Å². The molecule has 1 aromatic rings. The molecule has 0 aromatic heterocycles. The van der Waals surface area contributed by atoms with Gasteiger partial charge < -0.3 is 10.5 Å². The minimum atomic E-state index is -2.75. The molecule has 0 saturated carbocycles. The molecule has 0 spiro atoms. The van der Waals surface area contributed by atoms with Gasteiger partial charge in [-0.1, -0.05) is 0 Å². The highest BCUT2D eigenvalue weighted by Gasteiger charge is 2.13. The van der Waals surface area contributed by atoms with Gasteiger partial charge in [-0.3, -0.25) is 0 Å². The Labute approximate surface area is 101 Å². The van der Waals surface area contributed by atoms with Crippen LogP contribution in [0.5, 0.6) is 0 Å².